The Morgan fingerprint density at radius 2 is 1.92 bits per heavy atom. The SMILES string of the molecule is COC[C@]1(O)CCN(C(=O)Nc2ccc(C(F)(F)F)cc2)CC1(C)C. The van der Waals surface area contributed by atoms with Crippen LogP contribution in [0.15, 0.2) is 24.3 Å². The van der Waals surface area contributed by atoms with Crippen LogP contribution in [0.25, 0.3) is 0 Å². The molecule has 1 aromatic carbocycles. The molecule has 25 heavy (non-hydrogen) atoms. The van der Waals surface area contributed by atoms with Gasteiger partial charge in [0, 0.05) is 31.3 Å². The molecule has 0 radical (unpaired) electrons. The van der Waals surface area contributed by atoms with Gasteiger partial charge in [-0.3, -0.25) is 0 Å². The number of aliphatic hydroxyl groups is 1. The van der Waals surface area contributed by atoms with Crippen LogP contribution in [-0.2, 0) is 10.9 Å². The van der Waals surface area contributed by atoms with Crippen molar-refractivity contribution in [2.75, 3.05) is 32.1 Å². The maximum absolute atomic E-state index is 12.6. The van der Waals surface area contributed by atoms with Gasteiger partial charge in [0.2, 0.25) is 0 Å². The molecule has 5 nitrogen and oxygen atoms in total. The average molecular weight is 360 g/mol. The third-order valence-electron chi connectivity index (χ3n) is 4.78. The van der Waals surface area contributed by atoms with Crippen LogP contribution < -0.4 is 5.32 Å². The second kappa shape index (κ2) is 6.84. The molecule has 0 saturated carbocycles. The van der Waals surface area contributed by atoms with Gasteiger partial charge in [0.15, 0.2) is 0 Å². The van der Waals surface area contributed by atoms with Gasteiger partial charge in [-0.2, -0.15) is 13.2 Å². The summed E-state index contributed by atoms with van der Waals surface area (Å²) >= 11 is 0. The number of amides is 2. The molecule has 2 rings (SSSR count). The number of piperidine rings is 1. The van der Waals surface area contributed by atoms with Crippen molar-refractivity contribution in [2.24, 2.45) is 5.41 Å². The number of anilines is 1. The van der Waals surface area contributed by atoms with E-state index in [0.717, 1.165) is 12.1 Å². The summed E-state index contributed by atoms with van der Waals surface area (Å²) in [4.78, 5) is 13.9. The summed E-state index contributed by atoms with van der Waals surface area (Å²) < 4.78 is 42.8. The van der Waals surface area contributed by atoms with Crippen molar-refractivity contribution in [3.63, 3.8) is 0 Å². The molecule has 1 aliphatic heterocycles. The number of benzene rings is 1. The van der Waals surface area contributed by atoms with E-state index in [2.05, 4.69) is 5.32 Å². The van der Waals surface area contributed by atoms with Crippen LogP contribution in [0.5, 0.6) is 0 Å². The van der Waals surface area contributed by atoms with E-state index >= 15 is 0 Å². The largest absolute Gasteiger partial charge is 0.416 e. The fourth-order valence-corrected chi connectivity index (χ4v) is 2.99. The maximum Gasteiger partial charge on any atom is 0.416 e. The number of hydrogen-bond donors (Lipinski definition) is 2. The second-order valence-electron chi connectivity index (χ2n) is 7.03. The number of alkyl halides is 3. The lowest BCUT2D eigenvalue weighted by Gasteiger charge is -2.49. The van der Waals surface area contributed by atoms with Crippen molar-refractivity contribution in [1.82, 2.24) is 4.90 Å². The zero-order chi connectivity index (χ0) is 18.9. The summed E-state index contributed by atoms with van der Waals surface area (Å²) in [6.07, 6.45) is -4.06. The summed E-state index contributed by atoms with van der Waals surface area (Å²) in [6.45, 7) is 4.51. The first kappa shape index (κ1) is 19.5. The van der Waals surface area contributed by atoms with Crippen LogP contribution >= 0.6 is 0 Å². The molecule has 1 atom stereocenters. The second-order valence-corrected chi connectivity index (χ2v) is 7.03. The Morgan fingerprint density at radius 1 is 1.32 bits per heavy atom. The summed E-state index contributed by atoms with van der Waals surface area (Å²) in [5.74, 6) is 0. The van der Waals surface area contributed by atoms with Gasteiger partial charge in [0.25, 0.3) is 0 Å². The van der Waals surface area contributed by atoms with Crippen molar-refractivity contribution >= 4 is 11.7 Å². The van der Waals surface area contributed by atoms with Crippen molar-refractivity contribution in [1.29, 1.82) is 0 Å². The summed E-state index contributed by atoms with van der Waals surface area (Å²) in [5.41, 5.74) is -2.10. The molecule has 2 amide bonds. The third-order valence-corrected chi connectivity index (χ3v) is 4.78. The van der Waals surface area contributed by atoms with E-state index in [1.807, 2.05) is 13.8 Å². The first-order valence-electron chi connectivity index (χ1n) is 7.93. The van der Waals surface area contributed by atoms with Crippen LogP contribution in [0.1, 0.15) is 25.8 Å². The normalized spacial score (nSPS) is 23.4. The van der Waals surface area contributed by atoms with Crippen LogP contribution in [0.3, 0.4) is 0 Å². The number of carbonyl (C=O) groups is 1. The fraction of sp³-hybridized carbons (Fsp3) is 0.588. The monoisotopic (exact) mass is 360 g/mol. The minimum atomic E-state index is -4.41. The number of nitrogens with zero attached hydrogens (tertiary/aromatic N) is 1. The van der Waals surface area contributed by atoms with Gasteiger partial charge >= 0.3 is 12.2 Å². The molecule has 0 aromatic heterocycles. The Kier molecular flexibility index (Phi) is 5.34. The highest BCUT2D eigenvalue weighted by Crippen LogP contribution is 2.39. The molecule has 0 spiro atoms. The van der Waals surface area contributed by atoms with Crippen LogP contribution in [-0.4, -0.2) is 48.4 Å². The van der Waals surface area contributed by atoms with Crippen molar-refractivity contribution in [3.8, 4) is 0 Å². The standard InChI is InChI=1S/C17H23F3N2O3/c1-15(2)10-22(9-8-16(15,24)11-25-3)14(23)21-13-6-4-12(5-7-13)17(18,19)20/h4-7,24H,8-11H2,1-3H3,(H,21,23)/t16-/m1/s1. The first-order chi connectivity index (χ1) is 11.5. The van der Waals surface area contributed by atoms with Gasteiger partial charge in [-0.15, -0.1) is 0 Å². The number of halogens is 3. The molecule has 0 aliphatic carbocycles. The Hall–Kier alpha value is -1.80. The molecule has 1 aromatic rings. The third kappa shape index (κ3) is 4.24. The smallest absolute Gasteiger partial charge is 0.387 e. The number of methoxy groups -OCH3 is 1. The highest BCUT2D eigenvalue weighted by atomic mass is 19.4. The molecular weight excluding hydrogens is 337 g/mol. The van der Waals surface area contributed by atoms with Gasteiger partial charge in [-0.1, -0.05) is 13.8 Å². The molecule has 1 aliphatic rings. The number of rotatable bonds is 3. The van der Waals surface area contributed by atoms with Crippen molar-refractivity contribution in [3.05, 3.63) is 29.8 Å². The minimum Gasteiger partial charge on any atom is -0.387 e. The zero-order valence-electron chi connectivity index (χ0n) is 14.5. The van der Waals surface area contributed by atoms with E-state index in [4.69, 9.17) is 4.74 Å². The Balaban J connectivity index is 2.03. The Morgan fingerprint density at radius 3 is 2.40 bits per heavy atom. The number of nitrogens with one attached hydrogen (secondary N) is 1. The molecular formula is C17H23F3N2O3. The van der Waals surface area contributed by atoms with E-state index in [1.54, 1.807) is 4.90 Å². The average Bonchev–Trinajstić information content (AvgIpc) is 2.50. The maximum atomic E-state index is 12.6. The Labute approximate surface area is 144 Å². The van der Waals surface area contributed by atoms with E-state index in [0.29, 0.717) is 19.5 Å². The quantitative estimate of drug-likeness (QED) is 0.869. The van der Waals surface area contributed by atoms with E-state index in [-0.39, 0.29) is 12.3 Å². The zero-order valence-corrected chi connectivity index (χ0v) is 14.5. The fourth-order valence-electron chi connectivity index (χ4n) is 2.99. The molecule has 1 heterocycles. The number of hydrogen-bond acceptors (Lipinski definition) is 3. The molecule has 0 bridgehead atoms. The van der Waals surface area contributed by atoms with Crippen LogP contribution in [0, 0.1) is 5.41 Å². The van der Waals surface area contributed by atoms with Gasteiger partial charge in [0.1, 0.15) is 0 Å². The first-order valence-corrected chi connectivity index (χ1v) is 7.93. The molecule has 0 unspecified atom stereocenters. The van der Waals surface area contributed by atoms with Crippen molar-refractivity contribution in [2.45, 2.75) is 32.0 Å². The summed E-state index contributed by atoms with van der Waals surface area (Å²) in [6, 6.07) is 3.88. The summed E-state index contributed by atoms with van der Waals surface area (Å²) in [7, 11) is 1.51. The lowest BCUT2D eigenvalue weighted by Crippen LogP contribution is -2.61. The molecule has 8 heteroatoms. The van der Waals surface area contributed by atoms with Gasteiger partial charge < -0.3 is 20.1 Å². The molecule has 1 fully saturated rings. The minimum absolute atomic E-state index is 0.175. The van der Waals surface area contributed by atoms with E-state index in [1.165, 1.54) is 19.2 Å². The predicted octanol–water partition coefficient (Wildman–Crippen LogP) is 3.35. The number of urea groups is 1. The Bertz CT molecular complexity index is 617. The van der Waals surface area contributed by atoms with Gasteiger partial charge in [0.05, 0.1) is 17.8 Å². The van der Waals surface area contributed by atoms with E-state index < -0.39 is 28.8 Å². The lowest BCUT2D eigenvalue weighted by molar-refractivity contribution is -0.143. The molecule has 140 valence electrons. The lowest BCUT2D eigenvalue weighted by atomic mass is 9.70. The van der Waals surface area contributed by atoms with Gasteiger partial charge in [-0.05, 0) is 30.7 Å². The topological polar surface area (TPSA) is 61.8 Å². The molecule has 1 saturated heterocycles. The van der Waals surface area contributed by atoms with Crippen LogP contribution in [0.4, 0.5) is 23.7 Å². The highest BCUT2D eigenvalue weighted by molar-refractivity contribution is 5.89. The van der Waals surface area contributed by atoms with Crippen molar-refractivity contribution < 1.29 is 27.8 Å². The number of ether oxygens (including phenoxy) is 1. The van der Waals surface area contributed by atoms with Gasteiger partial charge in [-0.25, -0.2) is 4.79 Å². The number of likely N-dealkylation sites (tertiary alicyclic amines) is 1. The highest BCUT2D eigenvalue weighted by Gasteiger charge is 2.48. The van der Waals surface area contributed by atoms with E-state index in [9.17, 15) is 23.1 Å². The van der Waals surface area contributed by atoms with Crippen LogP contribution in [0.2, 0.25) is 0 Å². The molecule has 2 N–H and O–H groups in total. The number of carbonyl (C=O) groups excluding carboxylic acids is 1. The predicted molar refractivity (Wildman–Crippen MR) is 87.3 cm³/mol. The summed E-state index contributed by atoms with van der Waals surface area (Å²) in [5, 5.41) is 13.3.